The second-order valence-corrected chi connectivity index (χ2v) is 7.87. The van der Waals surface area contributed by atoms with Crippen molar-refractivity contribution in [2.45, 2.75) is 20.4 Å². The Morgan fingerprint density at radius 1 is 1.03 bits per heavy atom. The van der Waals surface area contributed by atoms with Gasteiger partial charge in [-0.15, -0.1) is 0 Å². The van der Waals surface area contributed by atoms with E-state index in [0.29, 0.717) is 16.6 Å². The third-order valence-electron chi connectivity index (χ3n) is 5.02. The van der Waals surface area contributed by atoms with E-state index in [1.807, 2.05) is 44.2 Å². The van der Waals surface area contributed by atoms with E-state index < -0.39 is 5.97 Å². The van der Waals surface area contributed by atoms with Crippen LogP contribution in [-0.2, 0) is 6.54 Å². The van der Waals surface area contributed by atoms with Crippen LogP contribution in [0.2, 0.25) is 10.0 Å². The van der Waals surface area contributed by atoms with Crippen molar-refractivity contribution in [1.82, 2.24) is 9.55 Å². The summed E-state index contributed by atoms with van der Waals surface area (Å²) in [5, 5.41) is 10.5. The molecule has 0 aliphatic rings. The highest BCUT2D eigenvalue weighted by molar-refractivity contribution is 6.35. The van der Waals surface area contributed by atoms with Crippen LogP contribution in [0.5, 0.6) is 0 Å². The molecule has 1 N–H and O–H groups in total. The largest absolute Gasteiger partial charge is 0.478 e. The van der Waals surface area contributed by atoms with Crippen molar-refractivity contribution in [3.05, 3.63) is 87.2 Å². The zero-order valence-electron chi connectivity index (χ0n) is 15.9. The molecule has 6 heteroatoms. The third-order valence-corrected chi connectivity index (χ3v) is 5.61. The lowest BCUT2D eigenvalue weighted by molar-refractivity contribution is 0.0697. The molecule has 3 aromatic carbocycles. The van der Waals surface area contributed by atoms with Gasteiger partial charge in [-0.2, -0.15) is 0 Å². The van der Waals surface area contributed by atoms with E-state index in [4.69, 9.17) is 28.2 Å². The number of carboxylic acid groups (broad SMARTS) is 1. The molecule has 0 unspecified atom stereocenters. The standard InChI is InChI=1S/C23H18Cl2N2O2/c1-13-8-18(15-4-3-5-16(9-15)23(28)29)10-21-22(13)26-14(2)27(21)12-17-6-7-19(24)11-20(17)25/h3-11H,12H2,1-2H3,(H,28,29). The van der Waals surface area contributed by atoms with Gasteiger partial charge in [0.1, 0.15) is 5.82 Å². The molecule has 0 fully saturated rings. The van der Waals surface area contributed by atoms with E-state index in [-0.39, 0.29) is 5.56 Å². The summed E-state index contributed by atoms with van der Waals surface area (Å²) < 4.78 is 2.11. The van der Waals surface area contributed by atoms with Crippen molar-refractivity contribution in [3.8, 4) is 11.1 Å². The van der Waals surface area contributed by atoms with Crippen molar-refractivity contribution in [3.63, 3.8) is 0 Å². The Balaban J connectivity index is 1.85. The van der Waals surface area contributed by atoms with Crippen LogP contribution in [0.4, 0.5) is 0 Å². The van der Waals surface area contributed by atoms with Gasteiger partial charge in [0, 0.05) is 10.0 Å². The minimum absolute atomic E-state index is 0.262. The smallest absolute Gasteiger partial charge is 0.335 e. The number of hydrogen-bond acceptors (Lipinski definition) is 2. The number of aromatic carboxylic acids is 1. The number of benzene rings is 3. The summed E-state index contributed by atoms with van der Waals surface area (Å²) in [6, 6.07) is 16.5. The van der Waals surface area contributed by atoms with Gasteiger partial charge in [-0.3, -0.25) is 0 Å². The summed E-state index contributed by atoms with van der Waals surface area (Å²) in [7, 11) is 0. The fourth-order valence-electron chi connectivity index (χ4n) is 3.53. The number of hydrogen-bond donors (Lipinski definition) is 1. The Hall–Kier alpha value is -2.82. The zero-order chi connectivity index (χ0) is 20.7. The first-order valence-electron chi connectivity index (χ1n) is 9.08. The molecular formula is C23H18Cl2N2O2. The van der Waals surface area contributed by atoms with E-state index in [0.717, 1.165) is 39.1 Å². The molecule has 1 aromatic heterocycles. The molecule has 146 valence electrons. The Morgan fingerprint density at radius 3 is 2.55 bits per heavy atom. The number of aromatic nitrogens is 2. The van der Waals surface area contributed by atoms with Crippen LogP contribution < -0.4 is 0 Å². The number of imidazole rings is 1. The maximum Gasteiger partial charge on any atom is 0.335 e. The molecule has 0 spiro atoms. The van der Waals surface area contributed by atoms with Gasteiger partial charge in [0.05, 0.1) is 23.1 Å². The quantitative estimate of drug-likeness (QED) is 0.413. The van der Waals surface area contributed by atoms with Crippen LogP contribution >= 0.6 is 23.2 Å². The van der Waals surface area contributed by atoms with E-state index in [1.165, 1.54) is 0 Å². The first-order valence-corrected chi connectivity index (χ1v) is 9.84. The minimum Gasteiger partial charge on any atom is -0.478 e. The summed E-state index contributed by atoms with van der Waals surface area (Å²) in [6.45, 7) is 4.54. The molecule has 4 nitrogen and oxygen atoms in total. The van der Waals surface area contributed by atoms with Crippen molar-refractivity contribution >= 4 is 40.2 Å². The number of halogens is 2. The monoisotopic (exact) mass is 424 g/mol. The molecule has 0 saturated heterocycles. The van der Waals surface area contributed by atoms with Crippen LogP contribution in [0, 0.1) is 13.8 Å². The van der Waals surface area contributed by atoms with Crippen LogP contribution in [0.1, 0.15) is 27.3 Å². The van der Waals surface area contributed by atoms with Gasteiger partial charge < -0.3 is 9.67 Å². The fourth-order valence-corrected chi connectivity index (χ4v) is 4.00. The van der Waals surface area contributed by atoms with Gasteiger partial charge in [-0.05, 0) is 72.5 Å². The van der Waals surface area contributed by atoms with E-state index in [1.54, 1.807) is 24.3 Å². The SMILES string of the molecule is Cc1cc(-c2cccc(C(=O)O)c2)cc2c1nc(C)n2Cc1ccc(Cl)cc1Cl. The molecule has 0 aliphatic carbocycles. The lowest BCUT2D eigenvalue weighted by atomic mass is 10.0. The van der Waals surface area contributed by atoms with Crippen molar-refractivity contribution < 1.29 is 9.90 Å². The number of nitrogens with zero attached hydrogens (tertiary/aromatic N) is 2. The molecule has 0 amide bonds. The second kappa shape index (κ2) is 7.54. The van der Waals surface area contributed by atoms with Gasteiger partial charge in [0.15, 0.2) is 0 Å². The molecule has 0 aliphatic heterocycles. The topological polar surface area (TPSA) is 55.1 Å². The Labute approximate surface area is 178 Å². The number of aryl methyl sites for hydroxylation is 2. The first kappa shape index (κ1) is 19.5. The number of fused-ring (bicyclic) bond motifs is 1. The molecule has 1 heterocycles. The summed E-state index contributed by atoms with van der Waals surface area (Å²) in [4.78, 5) is 16.1. The third kappa shape index (κ3) is 3.74. The average molecular weight is 425 g/mol. The summed E-state index contributed by atoms with van der Waals surface area (Å²) >= 11 is 12.4. The molecule has 0 bridgehead atoms. The predicted octanol–water partition coefficient (Wildman–Crippen LogP) is 6.37. The van der Waals surface area contributed by atoms with Crippen LogP contribution in [-0.4, -0.2) is 20.6 Å². The molecule has 4 rings (SSSR count). The normalized spacial score (nSPS) is 11.2. The van der Waals surface area contributed by atoms with Crippen molar-refractivity contribution in [1.29, 1.82) is 0 Å². The predicted molar refractivity (Wildman–Crippen MR) is 117 cm³/mol. The average Bonchev–Trinajstić information content (AvgIpc) is 3.00. The second-order valence-electron chi connectivity index (χ2n) is 7.03. The Kier molecular flexibility index (Phi) is 5.07. The Bertz CT molecular complexity index is 1260. The first-order chi connectivity index (χ1) is 13.8. The maximum absolute atomic E-state index is 11.3. The van der Waals surface area contributed by atoms with Gasteiger partial charge in [-0.1, -0.05) is 41.4 Å². The summed E-state index contributed by atoms with van der Waals surface area (Å²) in [6.07, 6.45) is 0. The molecular weight excluding hydrogens is 407 g/mol. The van der Waals surface area contributed by atoms with E-state index >= 15 is 0 Å². The number of carbonyl (C=O) groups is 1. The van der Waals surface area contributed by atoms with Crippen LogP contribution in [0.25, 0.3) is 22.2 Å². The van der Waals surface area contributed by atoms with Crippen molar-refractivity contribution in [2.24, 2.45) is 0 Å². The maximum atomic E-state index is 11.3. The van der Waals surface area contributed by atoms with Gasteiger partial charge >= 0.3 is 5.97 Å². The lowest BCUT2D eigenvalue weighted by Crippen LogP contribution is -2.03. The Morgan fingerprint density at radius 2 is 1.83 bits per heavy atom. The highest BCUT2D eigenvalue weighted by atomic mass is 35.5. The van der Waals surface area contributed by atoms with Crippen molar-refractivity contribution in [2.75, 3.05) is 0 Å². The molecule has 0 radical (unpaired) electrons. The number of rotatable bonds is 4. The van der Waals surface area contributed by atoms with E-state index in [9.17, 15) is 9.90 Å². The molecule has 29 heavy (non-hydrogen) atoms. The minimum atomic E-state index is -0.942. The zero-order valence-corrected chi connectivity index (χ0v) is 17.4. The highest BCUT2D eigenvalue weighted by Gasteiger charge is 2.14. The molecule has 0 atom stereocenters. The fraction of sp³-hybridized carbons (Fsp3) is 0.130. The molecule has 4 aromatic rings. The number of carboxylic acids is 1. The van der Waals surface area contributed by atoms with E-state index in [2.05, 4.69) is 4.57 Å². The van der Waals surface area contributed by atoms with Gasteiger partial charge in [-0.25, -0.2) is 9.78 Å². The lowest BCUT2D eigenvalue weighted by Gasteiger charge is -2.11. The molecule has 0 saturated carbocycles. The van der Waals surface area contributed by atoms with Gasteiger partial charge in [0.25, 0.3) is 0 Å². The van der Waals surface area contributed by atoms with Crippen LogP contribution in [0.15, 0.2) is 54.6 Å². The summed E-state index contributed by atoms with van der Waals surface area (Å²) in [5.74, 6) is -0.0616. The van der Waals surface area contributed by atoms with Gasteiger partial charge in [0.2, 0.25) is 0 Å². The highest BCUT2D eigenvalue weighted by Crippen LogP contribution is 2.30. The summed E-state index contributed by atoms with van der Waals surface area (Å²) in [5.41, 5.74) is 5.94. The van der Waals surface area contributed by atoms with Crippen LogP contribution in [0.3, 0.4) is 0 Å².